The summed E-state index contributed by atoms with van der Waals surface area (Å²) in [4.78, 5) is 26.9. The molecular formula is C23H25ClN2O4S. The van der Waals surface area contributed by atoms with Gasteiger partial charge < -0.3 is 15.1 Å². The Morgan fingerprint density at radius 1 is 1.00 bits per heavy atom. The first-order valence-corrected chi connectivity index (χ1v) is 11.1. The molecule has 0 spiro atoms. The normalized spacial score (nSPS) is 19.0. The second kappa shape index (κ2) is 10.8. The van der Waals surface area contributed by atoms with Crippen LogP contribution < -0.4 is 0 Å². The molecule has 2 aliphatic heterocycles. The molecule has 6 nitrogen and oxygen atoms in total. The number of carbonyl (C=O) groups is 2. The molecule has 31 heavy (non-hydrogen) atoms. The third kappa shape index (κ3) is 6.58. The first-order valence-electron chi connectivity index (χ1n) is 9.95. The Labute approximate surface area is 191 Å². The second-order valence-electron chi connectivity index (χ2n) is 7.46. The fourth-order valence-corrected chi connectivity index (χ4v) is 5.09. The quantitative estimate of drug-likeness (QED) is 0.669. The van der Waals surface area contributed by atoms with E-state index in [0.717, 1.165) is 37.6 Å². The largest absolute Gasteiger partial charge is 0.478 e. The Kier molecular flexibility index (Phi) is 8.15. The smallest absolute Gasteiger partial charge is 0.328 e. The molecule has 2 N–H and O–H groups in total. The van der Waals surface area contributed by atoms with Crippen molar-refractivity contribution in [3.05, 3.63) is 70.8 Å². The van der Waals surface area contributed by atoms with Crippen molar-refractivity contribution in [3.8, 4) is 0 Å². The number of carboxylic acids is 2. The van der Waals surface area contributed by atoms with Crippen LogP contribution in [-0.2, 0) is 16.0 Å². The summed E-state index contributed by atoms with van der Waals surface area (Å²) in [6.45, 7) is 4.59. The lowest BCUT2D eigenvalue weighted by atomic mass is 9.96. The number of carboxylic acid groups (broad SMARTS) is 2. The zero-order valence-electron chi connectivity index (χ0n) is 17.2. The lowest BCUT2D eigenvalue weighted by Crippen LogP contribution is -2.46. The van der Waals surface area contributed by atoms with Gasteiger partial charge in [-0.15, -0.1) is 0 Å². The maximum absolute atomic E-state index is 9.55. The van der Waals surface area contributed by atoms with Crippen LogP contribution in [0.15, 0.2) is 64.4 Å². The number of halogens is 1. The molecule has 0 amide bonds. The summed E-state index contributed by atoms with van der Waals surface area (Å²) in [6, 6.07) is 15.7. The summed E-state index contributed by atoms with van der Waals surface area (Å²) in [5.41, 5.74) is 2.88. The number of piperazine rings is 1. The minimum absolute atomic E-state index is 0.467. The highest BCUT2D eigenvalue weighted by Gasteiger charge is 2.29. The number of rotatable bonds is 3. The third-order valence-corrected chi connectivity index (χ3v) is 6.71. The van der Waals surface area contributed by atoms with Crippen molar-refractivity contribution in [1.29, 1.82) is 0 Å². The molecule has 1 atom stereocenters. The van der Waals surface area contributed by atoms with Crippen molar-refractivity contribution >= 4 is 35.3 Å². The maximum atomic E-state index is 9.55. The molecule has 0 saturated carbocycles. The van der Waals surface area contributed by atoms with E-state index in [1.807, 2.05) is 17.8 Å². The molecular weight excluding hydrogens is 436 g/mol. The van der Waals surface area contributed by atoms with E-state index in [4.69, 9.17) is 21.8 Å². The summed E-state index contributed by atoms with van der Waals surface area (Å²) in [5, 5.41) is 16.5. The van der Waals surface area contributed by atoms with Crippen LogP contribution in [0.4, 0.5) is 0 Å². The molecule has 1 saturated heterocycles. The predicted molar refractivity (Wildman–Crippen MR) is 122 cm³/mol. The van der Waals surface area contributed by atoms with Crippen LogP contribution in [0.3, 0.4) is 0 Å². The lowest BCUT2D eigenvalue weighted by Gasteiger charge is -2.38. The molecule has 0 aromatic heterocycles. The Morgan fingerprint density at radius 3 is 2.29 bits per heavy atom. The zero-order chi connectivity index (χ0) is 22.4. The summed E-state index contributed by atoms with van der Waals surface area (Å²) in [5.74, 6) is -2.51. The summed E-state index contributed by atoms with van der Waals surface area (Å²) < 4.78 is 0. The van der Waals surface area contributed by atoms with Crippen molar-refractivity contribution in [1.82, 2.24) is 9.80 Å². The van der Waals surface area contributed by atoms with Gasteiger partial charge in [-0.05, 0) is 42.8 Å². The number of hydrogen-bond donors (Lipinski definition) is 2. The molecule has 8 heteroatoms. The lowest BCUT2D eigenvalue weighted by molar-refractivity contribution is -0.134. The molecule has 4 rings (SSSR count). The monoisotopic (exact) mass is 460 g/mol. The molecule has 0 bridgehead atoms. The van der Waals surface area contributed by atoms with Gasteiger partial charge in [-0.1, -0.05) is 47.6 Å². The van der Waals surface area contributed by atoms with E-state index in [9.17, 15) is 9.59 Å². The minimum atomic E-state index is -1.26. The van der Waals surface area contributed by atoms with Gasteiger partial charge in [0.2, 0.25) is 0 Å². The Morgan fingerprint density at radius 2 is 1.65 bits per heavy atom. The second-order valence-corrected chi connectivity index (χ2v) is 8.98. The van der Waals surface area contributed by atoms with E-state index >= 15 is 0 Å². The number of fused-ring (bicyclic) bond motifs is 2. The van der Waals surface area contributed by atoms with Crippen LogP contribution in [0, 0.1) is 0 Å². The van der Waals surface area contributed by atoms with Crippen molar-refractivity contribution in [2.75, 3.05) is 33.2 Å². The fraction of sp³-hybridized carbons (Fsp3) is 0.304. The summed E-state index contributed by atoms with van der Waals surface area (Å²) in [6.07, 6.45) is 2.19. The zero-order valence-corrected chi connectivity index (χ0v) is 18.8. The standard InChI is InChI=1S/C19H21ClN2S.C4H4O4/c1-21-8-10-22(11-9-21)17-12-14-6-7-15(20)13-19(14)23-18-5-3-2-4-16(17)18;5-3(6)1-2-4(7)8/h2-7,13,17H,8-12H2,1H3;1-2H,(H,5,6)(H,7,8)/b;2-1-. The summed E-state index contributed by atoms with van der Waals surface area (Å²) >= 11 is 8.09. The molecule has 2 aromatic carbocycles. The Bertz CT molecular complexity index is 958. The van der Waals surface area contributed by atoms with Gasteiger partial charge in [-0.25, -0.2) is 9.59 Å². The average Bonchev–Trinajstić information content (AvgIpc) is 2.89. The van der Waals surface area contributed by atoms with E-state index in [-0.39, 0.29) is 0 Å². The van der Waals surface area contributed by atoms with E-state index < -0.39 is 11.9 Å². The van der Waals surface area contributed by atoms with Crippen LogP contribution in [0.5, 0.6) is 0 Å². The molecule has 2 heterocycles. The van der Waals surface area contributed by atoms with Crippen LogP contribution in [0.2, 0.25) is 5.02 Å². The summed E-state index contributed by atoms with van der Waals surface area (Å²) in [7, 11) is 2.21. The molecule has 0 radical (unpaired) electrons. The molecule has 0 aliphatic carbocycles. The Balaban J connectivity index is 0.000000293. The fourth-order valence-electron chi connectivity index (χ4n) is 3.68. The predicted octanol–water partition coefficient (Wildman–Crippen LogP) is 4.05. The minimum Gasteiger partial charge on any atom is -0.478 e. The number of aliphatic carboxylic acids is 2. The average molecular weight is 461 g/mol. The van der Waals surface area contributed by atoms with Gasteiger partial charge in [0.1, 0.15) is 0 Å². The first kappa shape index (κ1) is 23.3. The highest BCUT2D eigenvalue weighted by Crippen LogP contribution is 2.43. The van der Waals surface area contributed by atoms with Crippen molar-refractivity contribution in [2.24, 2.45) is 0 Å². The SMILES string of the molecule is CN1CCN(C2Cc3ccc(Cl)cc3Sc3ccccc32)CC1.O=C(O)/C=C\C(=O)O. The molecule has 1 fully saturated rings. The van der Waals surface area contributed by atoms with Crippen molar-refractivity contribution in [3.63, 3.8) is 0 Å². The van der Waals surface area contributed by atoms with Gasteiger partial charge in [0.25, 0.3) is 0 Å². The Hall–Kier alpha value is -2.32. The van der Waals surface area contributed by atoms with Crippen molar-refractivity contribution in [2.45, 2.75) is 22.3 Å². The maximum Gasteiger partial charge on any atom is 0.328 e. The van der Waals surface area contributed by atoms with Crippen LogP contribution in [0.25, 0.3) is 0 Å². The third-order valence-electron chi connectivity index (χ3n) is 5.29. The van der Waals surface area contributed by atoms with E-state index in [1.54, 1.807) is 0 Å². The first-order chi connectivity index (χ1) is 14.8. The molecule has 164 valence electrons. The topological polar surface area (TPSA) is 81.1 Å². The van der Waals surface area contributed by atoms with E-state index in [0.29, 0.717) is 18.2 Å². The van der Waals surface area contributed by atoms with Crippen LogP contribution in [-0.4, -0.2) is 65.2 Å². The van der Waals surface area contributed by atoms with Crippen LogP contribution >= 0.6 is 23.4 Å². The van der Waals surface area contributed by atoms with Gasteiger partial charge in [-0.2, -0.15) is 0 Å². The highest BCUT2D eigenvalue weighted by atomic mass is 35.5. The van der Waals surface area contributed by atoms with Gasteiger partial charge in [0.05, 0.1) is 0 Å². The molecule has 2 aromatic rings. The van der Waals surface area contributed by atoms with E-state index in [1.165, 1.54) is 20.9 Å². The number of hydrogen-bond acceptors (Lipinski definition) is 5. The van der Waals surface area contributed by atoms with Gasteiger partial charge in [0.15, 0.2) is 0 Å². The number of nitrogens with zero attached hydrogens (tertiary/aromatic N) is 2. The van der Waals surface area contributed by atoms with Gasteiger partial charge in [-0.3, -0.25) is 4.90 Å². The number of likely N-dealkylation sites (N-methyl/N-ethyl adjacent to an activating group) is 1. The van der Waals surface area contributed by atoms with Gasteiger partial charge in [0, 0.05) is 59.2 Å². The van der Waals surface area contributed by atoms with Gasteiger partial charge >= 0.3 is 11.9 Å². The number of benzene rings is 2. The molecule has 2 aliphatic rings. The van der Waals surface area contributed by atoms with Crippen LogP contribution in [0.1, 0.15) is 17.2 Å². The van der Waals surface area contributed by atoms with E-state index in [2.05, 4.69) is 53.2 Å². The molecule has 1 unspecified atom stereocenters. The van der Waals surface area contributed by atoms with Crippen molar-refractivity contribution < 1.29 is 19.8 Å². The highest BCUT2D eigenvalue weighted by molar-refractivity contribution is 7.99.